The largest absolute Gasteiger partial charge is 0.493 e. The van der Waals surface area contributed by atoms with Crippen LogP contribution >= 0.6 is 0 Å². The van der Waals surface area contributed by atoms with Crippen molar-refractivity contribution < 1.29 is 13.2 Å². The van der Waals surface area contributed by atoms with Gasteiger partial charge in [0.1, 0.15) is 24.2 Å². The maximum Gasteiger partial charge on any atom is 0.263 e. The molecule has 1 aliphatic heterocycles. The lowest BCUT2D eigenvalue weighted by atomic mass is 10.1. The molecule has 0 aliphatic carbocycles. The van der Waals surface area contributed by atoms with Crippen LogP contribution < -0.4 is 9.46 Å². The fourth-order valence-corrected chi connectivity index (χ4v) is 3.68. The molecule has 0 bridgehead atoms. The Balaban J connectivity index is 1.57. The summed E-state index contributed by atoms with van der Waals surface area (Å²) in [4.78, 5) is 8.18. The fourth-order valence-electron chi connectivity index (χ4n) is 2.62. The Labute approximate surface area is 144 Å². The monoisotopic (exact) mass is 357 g/mol. The summed E-state index contributed by atoms with van der Waals surface area (Å²) in [5, 5.41) is 3.99. The van der Waals surface area contributed by atoms with Gasteiger partial charge in [0, 0.05) is 0 Å². The van der Waals surface area contributed by atoms with Gasteiger partial charge < -0.3 is 4.74 Å². The first-order valence-corrected chi connectivity index (χ1v) is 9.20. The molecule has 0 radical (unpaired) electrons. The van der Waals surface area contributed by atoms with Gasteiger partial charge in [-0.25, -0.2) is 23.1 Å². The van der Waals surface area contributed by atoms with Gasteiger partial charge in [0.25, 0.3) is 10.0 Å². The number of aromatic nitrogens is 4. The van der Waals surface area contributed by atoms with E-state index in [4.69, 9.17) is 4.74 Å². The summed E-state index contributed by atoms with van der Waals surface area (Å²) in [6.07, 6.45) is 6.17. The lowest BCUT2D eigenvalue weighted by molar-refractivity contribution is 0.288. The van der Waals surface area contributed by atoms with Crippen LogP contribution in [0.3, 0.4) is 0 Å². The highest BCUT2D eigenvalue weighted by Crippen LogP contribution is 2.28. The number of sulfonamides is 1. The van der Waals surface area contributed by atoms with Crippen molar-refractivity contribution in [2.24, 2.45) is 0 Å². The Bertz CT molecular complexity index is 985. The van der Waals surface area contributed by atoms with E-state index >= 15 is 0 Å². The van der Waals surface area contributed by atoms with Crippen molar-refractivity contribution >= 4 is 15.8 Å². The molecule has 1 N–H and O–H groups in total. The van der Waals surface area contributed by atoms with Crippen molar-refractivity contribution in [3.63, 3.8) is 0 Å². The van der Waals surface area contributed by atoms with Crippen LogP contribution in [0.25, 0.3) is 5.69 Å². The number of pyridine rings is 1. The molecule has 25 heavy (non-hydrogen) atoms. The van der Waals surface area contributed by atoms with Crippen LogP contribution in [0.4, 0.5) is 5.82 Å². The van der Waals surface area contributed by atoms with E-state index in [1.807, 2.05) is 0 Å². The average molecular weight is 357 g/mol. The van der Waals surface area contributed by atoms with Gasteiger partial charge in [-0.05, 0) is 48.7 Å². The first-order valence-electron chi connectivity index (χ1n) is 7.71. The van der Waals surface area contributed by atoms with Crippen LogP contribution in [-0.4, -0.2) is 34.8 Å². The molecule has 0 saturated heterocycles. The zero-order valence-electron chi connectivity index (χ0n) is 13.2. The summed E-state index contributed by atoms with van der Waals surface area (Å²) >= 11 is 0. The van der Waals surface area contributed by atoms with E-state index in [1.54, 1.807) is 24.3 Å². The standard InChI is InChI=1S/C16H15N5O3S/c22-25(23,14-4-5-15-12(8-14)2-1-7-24-15)20-16-6-3-13(9-18-16)21-11-17-10-19-21/h3-6,8-11H,1-2,7H2,(H,18,20). The lowest BCUT2D eigenvalue weighted by Gasteiger charge is -2.18. The van der Waals surface area contributed by atoms with E-state index in [-0.39, 0.29) is 10.7 Å². The van der Waals surface area contributed by atoms with E-state index in [1.165, 1.54) is 29.6 Å². The maximum absolute atomic E-state index is 12.6. The number of hydrogen-bond donors (Lipinski definition) is 1. The average Bonchev–Trinajstić information content (AvgIpc) is 3.16. The molecule has 0 spiro atoms. The molecular weight excluding hydrogens is 342 g/mol. The molecule has 1 aliphatic rings. The van der Waals surface area contributed by atoms with Gasteiger partial charge in [-0.2, -0.15) is 5.10 Å². The summed E-state index contributed by atoms with van der Waals surface area (Å²) in [5.41, 5.74) is 1.59. The molecule has 0 atom stereocenters. The van der Waals surface area contributed by atoms with Crippen molar-refractivity contribution in [3.8, 4) is 11.4 Å². The minimum absolute atomic E-state index is 0.193. The van der Waals surface area contributed by atoms with E-state index < -0.39 is 10.0 Å². The Kier molecular flexibility index (Phi) is 3.85. The second-order valence-electron chi connectivity index (χ2n) is 5.57. The van der Waals surface area contributed by atoms with Gasteiger partial charge in [0.05, 0.1) is 23.4 Å². The van der Waals surface area contributed by atoms with Crippen molar-refractivity contribution in [1.29, 1.82) is 0 Å². The maximum atomic E-state index is 12.6. The Morgan fingerprint density at radius 3 is 2.88 bits per heavy atom. The number of benzene rings is 1. The Hall–Kier alpha value is -2.94. The quantitative estimate of drug-likeness (QED) is 0.764. The summed E-state index contributed by atoms with van der Waals surface area (Å²) in [6.45, 7) is 0.666. The smallest absolute Gasteiger partial charge is 0.263 e. The first-order chi connectivity index (χ1) is 12.1. The van der Waals surface area contributed by atoms with Crippen LogP contribution in [0.2, 0.25) is 0 Å². The van der Waals surface area contributed by atoms with Crippen LogP contribution in [0, 0.1) is 0 Å². The zero-order valence-corrected chi connectivity index (χ0v) is 14.0. The summed E-state index contributed by atoms with van der Waals surface area (Å²) < 4.78 is 34.7. The molecule has 4 rings (SSSR count). The number of nitrogens with one attached hydrogen (secondary N) is 1. The van der Waals surface area contributed by atoms with E-state index in [9.17, 15) is 8.42 Å². The minimum Gasteiger partial charge on any atom is -0.493 e. The number of nitrogens with zero attached hydrogens (tertiary/aromatic N) is 4. The van der Waals surface area contributed by atoms with Crippen LogP contribution in [0.1, 0.15) is 12.0 Å². The van der Waals surface area contributed by atoms with Crippen LogP contribution in [-0.2, 0) is 16.4 Å². The highest BCUT2D eigenvalue weighted by atomic mass is 32.2. The molecule has 0 unspecified atom stereocenters. The fraction of sp³-hybridized carbons (Fsp3) is 0.188. The SMILES string of the molecule is O=S(=O)(Nc1ccc(-n2cncn2)cn1)c1ccc2c(c1)CCCO2. The summed E-state index contributed by atoms with van der Waals surface area (Å²) in [6, 6.07) is 8.18. The van der Waals surface area contributed by atoms with Gasteiger partial charge in [-0.3, -0.25) is 4.72 Å². The summed E-state index contributed by atoms with van der Waals surface area (Å²) in [5.74, 6) is 0.985. The number of rotatable bonds is 4. The van der Waals surface area contributed by atoms with E-state index in [2.05, 4.69) is 19.8 Å². The molecule has 2 aromatic heterocycles. The molecule has 0 amide bonds. The summed E-state index contributed by atoms with van der Waals surface area (Å²) in [7, 11) is -3.72. The molecule has 128 valence electrons. The molecule has 9 heteroatoms. The predicted molar refractivity (Wildman–Crippen MR) is 90.2 cm³/mol. The van der Waals surface area contributed by atoms with Crippen molar-refractivity contribution in [2.75, 3.05) is 11.3 Å². The van der Waals surface area contributed by atoms with Crippen LogP contribution in [0.5, 0.6) is 5.75 Å². The van der Waals surface area contributed by atoms with Crippen LogP contribution in [0.15, 0.2) is 54.1 Å². The van der Waals surface area contributed by atoms with Crippen molar-refractivity contribution in [3.05, 3.63) is 54.7 Å². The molecule has 0 fully saturated rings. The highest BCUT2D eigenvalue weighted by Gasteiger charge is 2.19. The lowest BCUT2D eigenvalue weighted by Crippen LogP contribution is -2.15. The molecule has 1 aromatic carbocycles. The van der Waals surface area contributed by atoms with Crippen molar-refractivity contribution in [1.82, 2.24) is 19.7 Å². The second kappa shape index (κ2) is 6.17. The molecular formula is C16H15N5O3S. The molecule has 3 heterocycles. The van der Waals surface area contributed by atoms with Gasteiger partial charge >= 0.3 is 0 Å². The van der Waals surface area contributed by atoms with Gasteiger partial charge in [-0.15, -0.1) is 0 Å². The van der Waals surface area contributed by atoms with Gasteiger partial charge in [0.2, 0.25) is 0 Å². The third-order valence-electron chi connectivity index (χ3n) is 3.86. The number of fused-ring (bicyclic) bond motifs is 1. The van der Waals surface area contributed by atoms with E-state index in [0.29, 0.717) is 12.3 Å². The van der Waals surface area contributed by atoms with E-state index in [0.717, 1.165) is 24.2 Å². The number of anilines is 1. The number of aryl methyl sites for hydroxylation is 1. The Morgan fingerprint density at radius 2 is 2.12 bits per heavy atom. The third kappa shape index (κ3) is 3.18. The van der Waals surface area contributed by atoms with Crippen molar-refractivity contribution in [2.45, 2.75) is 17.7 Å². The number of hydrogen-bond acceptors (Lipinski definition) is 6. The normalized spacial score (nSPS) is 13.8. The highest BCUT2D eigenvalue weighted by molar-refractivity contribution is 7.92. The topological polar surface area (TPSA) is 99.0 Å². The first kappa shape index (κ1) is 15.6. The Morgan fingerprint density at radius 1 is 1.20 bits per heavy atom. The zero-order chi connectivity index (χ0) is 17.3. The number of ether oxygens (including phenoxy) is 1. The third-order valence-corrected chi connectivity index (χ3v) is 5.21. The molecule has 8 nitrogen and oxygen atoms in total. The minimum atomic E-state index is -3.72. The predicted octanol–water partition coefficient (Wildman–Crippen LogP) is 1.79. The van der Waals surface area contributed by atoms with Gasteiger partial charge in [0.15, 0.2) is 0 Å². The second-order valence-corrected chi connectivity index (χ2v) is 7.25. The molecule has 0 saturated carbocycles. The van der Waals surface area contributed by atoms with Gasteiger partial charge in [-0.1, -0.05) is 0 Å². The molecule has 3 aromatic rings.